The van der Waals surface area contributed by atoms with Crippen LogP contribution in [0.3, 0.4) is 0 Å². The van der Waals surface area contributed by atoms with E-state index in [1.165, 1.54) is 38.9 Å². The van der Waals surface area contributed by atoms with E-state index in [9.17, 15) is 0 Å². The van der Waals surface area contributed by atoms with Gasteiger partial charge in [-0.15, -0.1) is 0 Å². The molecule has 0 spiro atoms. The fraction of sp³-hybridized carbons (Fsp3) is 0.714. The minimum atomic E-state index is 0.747. The summed E-state index contributed by atoms with van der Waals surface area (Å²) in [4.78, 5) is 5.18. The highest BCUT2D eigenvalue weighted by atomic mass is 15.3. The molecule has 0 aromatic rings. The maximum Gasteiger partial charge on any atom is 0.0704 e. The third-order valence-electron chi connectivity index (χ3n) is 3.49. The molecule has 0 aromatic heterocycles. The summed E-state index contributed by atoms with van der Waals surface area (Å²) in [7, 11) is 0. The van der Waals surface area contributed by atoms with Crippen molar-refractivity contribution in [3.8, 4) is 0 Å². The summed E-state index contributed by atoms with van der Waals surface area (Å²) in [5, 5.41) is 0. The number of allylic oxidation sites excluding steroid dienone is 3. The van der Waals surface area contributed by atoms with E-state index in [0.717, 1.165) is 12.6 Å². The maximum atomic E-state index is 2.61. The lowest BCUT2D eigenvalue weighted by Crippen LogP contribution is -2.48. The third kappa shape index (κ3) is 2.49. The minimum Gasteiger partial charge on any atom is -0.362 e. The molecule has 1 unspecified atom stereocenters. The Balaban J connectivity index is 2.06. The monoisotopic (exact) mass is 220 g/mol. The first-order valence-corrected chi connectivity index (χ1v) is 6.69. The summed E-state index contributed by atoms with van der Waals surface area (Å²) in [6, 6.07) is 0. The average Bonchev–Trinajstić information content (AvgIpc) is 2.30. The van der Waals surface area contributed by atoms with Crippen molar-refractivity contribution in [3.05, 3.63) is 23.9 Å². The van der Waals surface area contributed by atoms with Gasteiger partial charge in [0.1, 0.15) is 0 Å². The van der Waals surface area contributed by atoms with E-state index in [2.05, 4.69) is 41.9 Å². The molecule has 1 heterocycles. The molecular weight excluding hydrogens is 196 g/mol. The van der Waals surface area contributed by atoms with Gasteiger partial charge in [0.15, 0.2) is 0 Å². The van der Waals surface area contributed by atoms with Gasteiger partial charge in [-0.25, -0.2) is 0 Å². The van der Waals surface area contributed by atoms with E-state index >= 15 is 0 Å². The lowest BCUT2D eigenvalue weighted by atomic mass is 9.93. The maximum absolute atomic E-state index is 2.61. The zero-order valence-electron chi connectivity index (χ0n) is 10.7. The van der Waals surface area contributed by atoms with E-state index in [-0.39, 0.29) is 0 Å². The zero-order chi connectivity index (χ0) is 11.4. The highest BCUT2D eigenvalue weighted by molar-refractivity contribution is 5.22. The van der Waals surface area contributed by atoms with E-state index in [4.69, 9.17) is 0 Å². The van der Waals surface area contributed by atoms with E-state index in [1.54, 1.807) is 5.70 Å². The molecule has 0 N–H and O–H groups in total. The topological polar surface area (TPSA) is 6.48 Å². The normalized spacial score (nSPS) is 25.5. The fourth-order valence-electron chi connectivity index (χ4n) is 2.84. The molecular formula is C14H24N2. The molecule has 2 aliphatic rings. The molecule has 90 valence electrons. The van der Waals surface area contributed by atoms with Crippen molar-refractivity contribution >= 4 is 0 Å². The van der Waals surface area contributed by atoms with Crippen LogP contribution in [0.1, 0.15) is 33.1 Å². The number of hydrogen-bond acceptors (Lipinski definition) is 2. The standard InChI is InChI=1S/C14H24N2/c1-3-9-15-11-13-7-5-6-8-14(13)16(12-15)10-4-2/h5-6,8,13H,3-4,7,9-12H2,1-2H3. The van der Waals surface area contributed by atoms with Crippen molar-refractivity contribution < 1.29 is 0 Å². The Labute approximate surface area is 99.6 Å². The van der Waals surface area contributed by atoms with Crippen LogP contribution < -0.4 is 0 Å². The molecule has 0 radical (unpaired) electrons. The predicted octanol–water partition coefficient (Wildman–Crippen LogP) is 2.84. The molecule has 2 heteroatoms. The second kappa shape index (κ2) is 5.53. The first-order chi connectivity index (χ1) is 7.85. The summed E-state index contributed by atoms with van der Waals surface area (Å²) >= 11 is 0. The van der Waals surface area contributed by atoms with Gasteiger partial charge in [-0.3, -0.25) is 4.90 Å². The quantitative estimate of drug-likeness (QED) is 0.719. The molecule has 0 aromatic carbocycles. The molecule has 1 aliphatic heterocycles. The minimum absolute atomic E-state index is 0.747. The molecule has 16 heavy (non-hydrogen) atoms. The van der Waals surface area contributed by atoms with Crippen LogP contribution >= 0.6 is 0 Å². The molecule has 1 fully saturated rings. The second-order valence-corrected chi connectivity index (χ2v) is 4.93. The predicted molar refractivity (Wildman–Crippen MR) is 69.1 cm³/mol. The Bertz CT molecular complexity index is 280. The number of fused-ring (bicyclic) bond motifs is 1. The van der Waals surface area contributed by atoms with Crippen LogP contribution in [0.2, 0.25) is 0 Å². The summed E-state index contributed by atoms with van der Waals surface area (Å²) in [5.74, 6) is 0.747. The van der Waals surface area contributed by atoms with Crippen LogP contribution in [0.15, 0.2) is 23.9 Å². The highest BCUT2D eigenvalue weighted by Crippen LogP contribution is 2.29. The molecule has 2 nitrogen and oxygen atoms in total. The first kappa shape index (κ1) is 11.7. The van der Waals surface area contributed by atoms with E-state index in [0.29, 0.717) is 0 Å². The van der Waals surface area contributed by atoms with Crippen molar-refractivity contribution in [2.24, 2.45) is 5.92 Å². The second-order valence-electron chi connectivity index (χ2n) is 4.93. The largest absolute Gasteiger partial charge is 0.362 e. The van der Waals surface area contributed by atoms with Crippen LogP contribution in [0.4, 0.5) is 0 Å². The first-order valence-electron chi connectivity index (χ1n) is 6.69. The van der Waals surface area contributed by atoms with Gasteiger partial charge >= 0.3 is 0 Å². The van der Waals surface area contributed by atoms with Crippen molar-refractivity contribution in [3.63, 3.8) is 0 Å². The van der Waals surface area contributed by atoms with Gasteiger partial charge in [-0.2, -0.15) is 0 Å². The van der Waals surface area contributed by atoms with Crippen LogP contribution in [-0.4, -0.2) is 36.1 Å². The summed E-state index contributed by atoms with van der Waals surface area (Å²) in [6.07, 6.45) is 10.6. The van der Waals surface area contributed by atoms with Crippen LogP contribution in [0, 0.1) is 5.92 Å². The van der Waals surface area contributed by atoms with Gasteiger partial charge in [-0.1, -0.05) is 26.0 Å². The van der Waals surface area contributed by atoms with Crippen molar-refractivity contribution in [1.82, 2.24) is 9.80 Å². The van der Waals surface area contributed by atoms with Gasteiger partial charge in [0.2, 0.25) is 0 Å². The number of nitrogens with zero attached hydrogens (tertiary/aromatic N) is 2. The number of rotatable bonds is 4. The summed E-state index contributed by atoms with van der Waals surface area (Å²) in [6.45, 7) is 9.38. The Morgan fingerprint density at radius 2 is 2.06 bits per heavy atom. The molecule has 2 rings (SSSR count). The summed E-state index contributed by atoms with van der Waals surface area (Å²) < 4.78 is 0. The Morgan fingerprint density at radius 3 is 2.81 bits per heavy atom. The Hall–Kier alpha value is -0.760. The Kier molecular flexibility index (Phi) is 4.05. The third-order valence-corrected chi connectivity index (χ3v) is 3.49. The van der Waals surface area contributed by atoms with E-state index < -0.39 is 0 Å². The van der Waals surface area contributed by atoms with Crippen molar-refractivity contribution in [2.45, 2.75) is 33.1 Å². The molecule has 1 aliphatic carbocycles. The molecule has 0 amide bonds. The molecule has 0 saturated carbocycles. The molecule has 1 atom stereocenters. The number of hydrogen-bond donors (Lipinski definition) is 0. The summed E-state index contributed by atoms with van der Waals surface area (Å²) in [5.41, 5.74) is 1.58. The zero-order valence-corrected chi connectivity index (χ0v) is 10.7. The lowest BCUT2D eigenvalue weighted by Gasteiger charge is -2.44. The van der Waals surface area contributed by atoms with Crippen molar-refractivity contribution in [1.29, 1.82) is 0 Å². The SMILES string of the molecule is CCCN1CC2CC=CC=C2N(CCC)C1. The lowest BCUT2D eigenvalue weighted by molar-refractivity contribution is 0.0881. The highest BCUT2D eigenvalue weighted by Gasteiger charge is 2.28. The van der Waals surface area contributed by atoms with Gasteiger partial charge in [0, 0.05) is 24.7 Å². The van der Waals surface area contributed by atoms with Crippen LogP contribution in [-0.2, 0) is 0 Å². The van der Waals surface area contributed by atoms with Gasteiger partial charge in [0.05, 0.1) is 6.67 Å². The van der Waals surface area contributed by atoms with Crippen molar-refractivity contribution in [2.75, 3.05) is 26.3 Å². The van der Waals surface area contributed by atoms with Gasteiger partial charge in [-0.05, 0) is 31.9 Å². The van der Waals surface area contributed by atoms with E-state index in [1.807, 2.05) is 0 Å². The Morgan fingerprint density at radius 1 is 1.25 bits per heavy atom. The molecule has 0 bridgehead atoms. The van der Waals surface area contributed by atoms with Gasteiger partial charge in [0.25, 0.3) is 0 Å². The fourth-order valence-corrected chi connectivity index (χ4v) is 2.84. The molecule has 1 saturated heterocycles. The smallest absolute Gasteiger partial charge is 0.0704 e. The average molecular weight is 220 g/mol. The van der Waals surface area contributed by atoms with Crippen LogP contribution in [0.25, 0.3) is 0 Å². The van der Waals surface area contributed by atoms with Gasteiger partial charge < -0.3 is 4.90 Å². The van der Waals surface area contributed by atoms with Crippen LogP contribution in [0.5, 0.6) is 0 Å².